The van der Waals surface area contributed by atoms with E-state index < -0.39 is 0 Å². The van der Waals surface area contributed by atoms with Crippen molar-refractivity contribution in [2.45, 2.75) is 38.9 Å². The minimum atomic E-state index is 0. The second-order valence-corrected chi connectivity index (χ2v) is 8.56. The van der Waals surface area contributed by atoms with E-state index in [0.29, 0.717) is 6.54 Å². The highest BCUT2D eigenvalue weighted by atomic mass is 127. The smallest absolute Gasteiger partial charge is 0.191 e. The minimum absolute atomic E-state index is 0. The zero-order chi connectivity index (χ0) is 22.0. The van der Waals surface area contributed by atoms with E-state index in [1.807, 2.05) is 6.07 Å². The van der Waals surface area contributed by atoms with Gasteiger partial charge in [-0.05, 0) is 56.1 Å². The van der Waals surface area contributed by atoms with Crippen LogP contribution in [0.1, 0.15) is 42.7 Å². The number of hydrogen-bond donors (Lipinski definition) is 2. The van der Waals surface area contributed by atoms with Gasteiger partial charge in [0.05, 0.1) is 32.1 Å². The summed E-state index contributed by atoms with van der Waals surface area (Å²) < 4.78 is 11.2. The van der Waals surface area contributed by atoms with E-state index in [2.05, 4.69) is 57.7 Å². The van der Waals surface area contributed by atoms with Gasteiger partial charge in [-0.25, -0.2) is 4.99 Å². The number of hydrogen-bond acceptors (Lipinski definition) is 5. The summed E-state index contributed by atoms with van der Waals surface area (Å²) in [6.07, 6.45) is 4.28. The lowest BCUT2D eigenvalue weighted by Gasteiger charge is -2.26. The highest BCUT2D eigenvalue weighted by Crippen LogP contribution is 2.24. The molecular weight excluding hydrogens is 529 g/mol. The van der Waals surface area contributed by atoms with Crippen molar-refractivity contribution < 1.29 is 9.15 Å². The van der Waals surface area contributed by atoms with Crippen molar-refractivity contribution in [2.24, 2.45) is 4.99 Å². The van der Waals surface area contributed by atoms with E-state index >= 15 is 0 Å². The zero-order valence-corrected chi connectivity index (χ0v) is 22.0. The summed E-state index contributed by atoms with van der Waals surface area (Å²) in [7, 11) is 0. The van der Waals surface area contributed by atoms with E-state index in [0.717, 1.165) is 70.7 Å². The molecule has 33 heavy (non-hydrogen) atoms. The molecule has 2 aliphatic rings. The third kappa shape index (κ3) is 7.98. The van der Waals surface area contributed by atoms with Crippen LogP contribution in [-0.4, -0.2) is 68.2 Å². The minimum Gasteiger partial charge on any atom is -0.468 e. The molecule has 4 rings (SSSR count). The number of halogens is 1. The maximum absolute atomic E-state index is 5.74. The van der Waals surface area contributed by atoms with E-state index in [1.165, 1.54) is 24.0 Å². The molecule has 0 saturated carbocycles. The fourth-order valence-electron chi connectivity index (χ4n) is 4.42. The lowest BCUT2D eigenvalue weighted by atomic mass is 10.1. The summed E-state index contributed by atoms with van der Waals surface area (Å²) in [4.78, 5) is 9.77. The molecule has 1 aromatic carbocycles. The van der Waals surface area contributed by atoms with Crippen LogP contribution in [0.5, 0.6) is 0 Å². The lowest BCUT2D eigenvalue weighted by Crippen LogP contribution is -2.42. The molecule has 0 amide bonds. The third-order valence-electron chi connectivity index (χ3n) is 6.21. The van der Waals surface area contributed by atoms with Crippen LogP contribution in [0.15, 0.2) is 52.1 Å². The van der Waals surface area contributed by atoms with E-state index in [-0.39, 0.29) is 30.0 Å². The van der Waals surface area contributed by atoms with Gasteiger partial charge in [0.15, 0.2) is 5.96 Å². The van der Waals surface area contributed by atoms with Crippen molar-refractivity contribution in [3.63, 3.8) is 0 Å². The summed E-state index contributed by atoms with van der Waals surface area (Å²) >= 11 is 0. The van der Waals surface area contributed by atoms with Gasteiger partial charge in [-0.15, -0.1) is 24.0 Å². The SMILES string of the molecule is CCNC(=NCc1ccc(CN2CCOCC2)cc1)NCC(c1ccco1)N1CCCC1.I. The molecule has 3 heterocycles. The molecule has 2 fully saturated rings. The van der Waals surface area contributed by atoms with Crippen molar-refractivity contribution in [1.82, 2.24) is 20.4 Å². The summed E-state index contributed by atoms with van der Waals surface area (Å²) in [5.41, 5.74) is 2.56. The van der Waals surface area contributed by atoms with Gasteiger partial charge >= 0.3 is 0 Å². The Morgan fingerprint density at radius 1 is 1.00 bits per heavy atom. The average Bonchev–Trinajstić information content (AvgIpc) is 3.54. The predicted octanol–water partition coefficient (Wildman–Crippen LogP) is 3.62. The van der Waals surface area contributed by atoms with Gasteiger partial charge in [0.25, 0.3) is 0 Å². The van der Waals surface area contributed by atoms with Crippen LogP contribution in [0.2, 0.25) is 0 Å². The van der Waals surface area contributed by atoms with Gasteiger partial charge in [0.1, 0.15) is 5.76 Å². The first kappa shape index (κ1) is 26.0. The Morgan fingerprint density at radius 3 is 2.39 bits per heavy atom. The Balaban J connectivity index is 0.00000306. The first-order valence-corrected chi connectivity index (χ1v) is 12.0. The zero-order valence-electron chi connectivity index (χ0n) is 19.7. The number of aliphatic imine (C=N–C) groups is 1. The molecule has 8 heteroatoms. The van der Waals surface area contributed by atoms with Gasteiger partial charge in [0, 0.05) is 32.7 Å². The summed E-state index contributed by atoms with van der Waals surface area (Å²) in [6.45, 7) is 11.3. The van der Waals surface area contributed by atoms with Gasteiger partial charge in [0.2, 0.25) is 0 Å². The van der Waals surface area contributed by atoms with Crippen molar-refractivity contribution in [3.8, 4) is 0 Å². The first-order valence-electron chi connectivity index (χ1n) is 12.0. The molecule has 0 spiro atoms. The standard InChI is InChI=1S/C25H37N5O2.HI/c1-2-26-25(28-19-23(24-6-5-15-32-24)30-11-3-4-12-30)27-18-21-7-9-22(10-8-21)20-29-13-16-31-17-14-29;/h5-10,15,23H,2-4,11-14,16-20H2,1H3,(H2,26,27,28);1H. The van der Waals surface area contributed by atoms with E-state index in [4.69, 9.17) is 14.1 Å². The van der Waals surface area contributed by atoms with Crippen LogP contribution in [-0.2, 0) is 17.8 Å². The number of nitrogens with zero attached hydrogens (tertiary/aromatic N) is 3. The predicted molar refractivity (Wildman–Crippen MR) is 143 cm³/mol. The number of furan rings is 1. The van der Waals surface area contributed by atoms with Crippen LogP contribution < -0.4 is 10.6 Å². The quantitative estimate of drug-likeness (QED) is 0.274. The van der Waals surface area contributed by atoms with Crippen molar-refractivity contribution in [1.29, 1.82) is 0 Å². The lowest BCUT2D eigenvalue weighted by molar-refractivity contribution is 0.0342. The van der Waals surface area contributed by atoms with Crippen molar-refractivity contribution >= 4 is 29.9 Å². The molecule has 0 bridgehead atoms. The Hall–Kier alpha value is -1.62. The summed E-state index contributed by atoms with van der Waals surface area (Å²) in [6, 6.07) is 13.1. The Morgan fingerprint density at radius 2 is 1.73 bits per heavy atom. The molecule has 182 valence electrons. The number of benzene rings is 1. The molecule has 2 aliphatic heterocycles. The van der Waals surface area contributed by atoms with E-state index in [9.17, 15) is 0 Å². The highest BCUT2D eigenvalue weighted by Gasteiger charge is 2.25. The molecule has 7 nitrogen and oxygen atoms in total. The third-order valence-corrected chi connectivity index (χ3v) is 6.21. The topological polar surface area (TPSA) is 65.3 Å². The number of guanidine groups is 1. The monoisotopic (exact) mass is 567 g/mol. The average molecular weight is 568 g/mol. The molecule has 2 saturated heterocycles. The fraction of sp³-hybridized carbons (Fsp3) is 0.560. The van der Waals surface area contributed by atoms with Crippen LogP contribution in [0.4, 0.5) is 0 Å². The molecule has 2 N–H and O–H groups in total. The Bertz CT molecular complexity index is 816. The van der Waals surface area contributed by atoms with Crippen molar-refractivity contribution in [2.75, 3.05) is 52.5 Å². The molecular formula is C25H38IN5O2. The fourth-order valence-corrected chi connectivity index (χ4v) is 4.42. The molecule has 2 aromatic rings. The van der Waals surface area contributed by atoms with Gasteiger partial charge in [-0.1, -0.05) is 24.3 Å². The van der Waals surface area contributed by atoms with Gasteiger partial charge < -0.3 is 19.8 Å². The molecule has 1 unspecified atom stereocenters. The van der Waals surface area contributed by atoms with Crippen LogP contribution in [0.25, 0.3) is 0 Å². The van der Waals surface area contributed by atoms with Crippen molar-refractivity contribution in [3.05, 3.63) is 59.5 Å². The van der Waals surface area contributed by atoms with E-state index in [1.54, 1.807) is 6.26 Å². The Kier molecular flexibility index (Phi) is 11.0. The van der Waals surface area contributed by atoms with Gasteiger partial charge in [-0.2, -0.15) is 0 Å². The molecule has 1 aromatic heterocycles. The first-order chi connectivity index (χ1) is 15.8. The van der Waals surface area contributed by atoms with Crippen LogP contribution in [0.3, 0.4) is 0 Å². The highest BCUT2D eigenvalue weighted by molar-refractivity contribution is 14.0. The second kappa shape index (κ2) is 13.9. The second-order valence-electron chi connectivity index (χ2n) is 8.56. The number of nitrogens with one attached hydrogen (secondary N) is 2. The molecule has 0 radical (unpaired) electrons. The molecule has 1 atom stereocenters. The van der Waals surface area contributed by atoms with Gasteiger partial charge in [-0.3, -0.25) is 9.80 Å². The Labute approximate surface area is 215 Å². The normalized spacial score (nSPS) is 18.6. The number of morpholine rings is 1. The summed E-state index contributed by atoms with van der Waals surface area (Å²) in [5.74, 6) is 1.87. The van der Waals surface area contributed by atoms with Crippen LogP contribution >= 0.6 is 24.0 Å². The maximum atomic E-state index is 5.74. The molecule has 0 aliphatic carbocycles. The number of rotatable bonds is 9. The summed E-state index contributed by atoms with van der Waals surface area (Å²) in [5, 5.41) is 6.92. The van der Waals surface area contributed by atoms with Crippen LogP contribution in [0, 0.1) is 0 Å². The largest absolute Gasteiger partial charge is 0.468 e. The number of ether oxygens (including phenoxy) is 1. The number of likely N-dealkylation sites (tertiary alicyclic amines) is 1. The maximum Gasteiger partial charge on any atom is 0.191 e.